The highest BCUT2D eigenvalue weighted by Gasteiger charge is 2.17. The van der Waals surface area contributed by atoms with Gasteiger partial charge >= 0.3 is 0 Å². The predicted octanol–water partition coefficient (Wildman–Crippen LogP) is 4.03. The maximum absolute atomic E-state index is 9.67. The summed E-state index contributed by atoms with van der Waals surface area (Å²) in [5.41, 5.74) is 4.27. The molecule has 3 rings (SSSR count). The zero-order valence-electron chi connectivity index (χ0n) is 19.0. The number of H-pyrrole nitrogens is 1. The Bertz CT molecular complexity index is 974. The molecule has 1 heterocycles. The number of nitrogens with zero attached hydrogens (tertiary/aromatic N) is 4. The molecule has 0 amide bonds. The van der Waals surface area contributed by atoms with Gasteiger partial charge in [0.2, 0.25) is 5.82 Å². The number of benzene rings is 2. The number of aromatic nitrogens is 4. The number of aliphatic hydroxyl groups is 1. The number of aliphatic hydroxyl groups excluding tert-OH is 1. The van der Waals surface area contributed by atoms with E-state index < -0.39 is 0 Å². The molecule has 1 atom stereocenters. The normalized spacial score (nSPS) is 12.0. The summed E-state index contributed by atoms with van der Waals surface area (Å²) in [5.74, 6) is 0.875. The molecule has 2 aromatic carbocycles. The monoisotopic (exact) mass is 452 g/mol. The van der Waals surface area contributed by atoms with Crippen molar-refractivity contribution in [3.05, 3.63) is 54.1 Å². The Morgan fingerprint density at radius 2 is 1.84 bits per heavy atom. The van der Waals surface area contributed by atoms with Gasteiger partial charge in [0.15, 0.2) is 5.11 Å². The molecule has 0 spiro atoms. The number of tetrazole rings is 1. The lowest BCUT2D eigenvalue weighted by atomic mass is 9.98. The average molecular weight is 453 g/mol. The molecular formula is C24H32N6OS. The van der Waals surface area contributed by atoms with Crippen molar-refractivity contribution in [2.45, 2.75) is 46.2 Å². The first-order valence-electron chi connectivity index (χ1n) is 11.1. The van der Waals surface area contributed by atoms with Crippen LogP contribution < -0.4 is 5.32 Å². The fourth-order valence-corrected chi connectivity index (χ4v) is 3.80. The molecule has 3 N–H and O–H groups in total. The fraction of sp³-hybridized carbons (Fsp3) is 0.417. The molecule has 3 aromatic rings. The Balaban J connectivity index is 1.76. The number of thiocarbonyl (C=S) groups is 1. The third-order valence-electron chi connectivity index (χ3n) is 5.53. The van der Waals surface area contributed by atoms with Crippen LogP contribution in [0.5, 0.6) is 0 Å². The largest absolute Gasteiger partial charge is 0.394 e. The topological polar surface area (TPSA) is 90.0 Å². The number of unbranched alkanes of at least 4 members (excludes halogenated alkanes) is 1. The third-order valence-corrected chi connectivity index (χ3v) is 5.91. The van der Waals surface area contributed by atoms with E-state index in [9.17, 15) is 5.11 Å². The van der Waals surface area contributed by atoms with Crippen molar-refractivity contribution < 1.29 is 5.11 Å². The number of aromatic amines is 1. The van der Waals surface area contributed by atoms with Crippen molar-refractivity contribution >= 4 is 17.3 Å². The fourth-order valence-electron chi connectivity index (χ4n) is 3.49. The quantitative estimate of drug-likeness (QED) is 0.400. The molecule has 0 bridgehead atoms. The Kier molecular flexibility index (Phi) is 8.70. The van der Waals surface area contributed by atoms with E-state index in [0.29, 0.717) is 16.9 Å². The van der Waals surface area contributed by atoms with Crippen LogP contribution >= 0.6 is 12.2 Å². The first kappa shape index (κ1) is 23.8. The number of rotatable bonds is 10. The predicted molar refractivity (Wildman–Crippen MR) is 132 cm³/mol. The van der Waals surface area contributed by atoms with Gasteiger partial charge in [-0.25, -0.2) is 0 Å². The summed E-state index contributed by atoms with van der Waals surface area (Å²) in [7, 11) is 0. The van der Waals surface area contributed by atoms with E-state index >= 15 is 0 Å². The van der Waals surface area contributed by atoms with Gasteiger partial charge in [-0.1, -0.05) is 75.7 Å². The van der Waals surface area contributed by atoms with E-state index in [-0.39, 0.29) is 12.6 Å². The van der Waals surface area contributed by atoms with Crippen molar-refractivity contribution in [1.82, 2.24) is 30.8 Å². The van der Waals surface area contributed by atoms with Gasteiger partial charge in [0.25, 0.3) is 0 Å². The van der Waals surface area contributed by atoms with Crippen LogP contribution in [0, 0.1) is 5.92 Å². The summed E-state index contributed by atoms with van der Waals surface area (Å²) in [4.78, 5) is 2.19. The molecule has 0 saturated carbocycles. The molecule has 0 radical (unpaired) electrons. The highest BCUT2D eigenvalue weighted by atomic mass is 32.1. The molecule has 0 aliphatic carbocycles. The Labute approximate surface area is 195 Å². The second-order valence-electron chi connectivity index (χ2n) is 8.24. The van der Waals surface area contributed by atoms with Crippen molar-refractivity contribution in [2.24, 2.45) is 5.92 Å². The molecule has 7 nitrogen and oxygen atoms in total. The smallest absolute Gasteiger partial charge is 0.205 e. The average Bonchev–Trinajstić information content (AvgIpc) is 3.35. The molecule has 1 aromatic heterocycles. The van der Waals surface area contributed by atoms with Gasteiger partial charge in [0.05, 0.1) is 12.6 Å². The maximum Gasteiger partial charge on any atom is 0.205 e. The van der Waals surface area contributed by atoms with Crippen LogP contribution in [0.4, 0.5) is 0 Å². The summed E-state index contributed by atoms with van der Waals surface area (Å²) in [6.07, 6.45) is 2.15. The van der Waals surface area contributed by atoms with Crippen molar-refractivity contribution in [3.8, 4) is 22.5 Å². The maximum atomic E-state index is 9.67. The Morgan fingerprint density at radius 3 is 2.44 bits per heavy atom. The molecule has 0 aliphatic rings. The highest BCUT2D eigenvalue weighted by Crippen LogP contribution is 2.29. The van der Waals surface area contributed by atoms with Crippen LogP contribution in [0.1, 0.15) is 39.2 Å². The standard InChI is InChI=1S/C24H32N6OS/c1-4-5-14-30(24(32)25-22(16-31)17(2)3)15-18-10-12-19(13-11-18)20-8-6-7-9-21(20)23-26-28-29-27-23/h6-13,17,22,31H,4-5,14-16H2,1-3H3,(H,25,32)(H,26,27,28,29). The van der Waals surface area contributed by atoms with Crippen LogP contribution in [-0.4, -0.2) is 54.9 Å². The van der Waals surface area contributed by atoms with E-state index in [4.69, 9.17) is 12.2 Å². The molecule has 0 saturated heterocycles. The zero-order valence-corrected chi connectivity index (χ0v) is 19.8. The van der Waals surface area contributed by atoms with Gasteiger partial charge in [-0.15, -0.1) is 10.2 Å². The SMILES string of the molecule is CCCCN(Cc1ccc(-c2ccccc2-c2nn[nH]n2)cc1)C(=S)NC(CO)C(C)C. The summed E-state index contributed by atoms with van der Waals surface area (Å²) in [5, 5.41) is 28.2. The van der Waals surface area contributed by atoms with E-state index in [2.05, 4.69) is 81.9 Å². The Morgan fingerprint density at radius 1 is 1.12 bits per heavy atom. The van der Waals surface area contributed by atoms with E-state index in [1.807, 2.05) is 18.2 Å². The van der Waals surface area contributed by atoms with Gasteiger partial charge in [0, 0.05) is 18.7 Å². The second kappa shape index (κ2) is 11.7. The molecule has 32 heavy (non-hydrogen) atoms. The Hall–Kier alpha value is -2.84. The van der Waals surface area contributed by atoms with E-state index in [0.717, 1.165) is 42.6 Å². The minimum absolute atomic E-state index is 0.0457. The number of hydrogen-bond donors (Lipinski definition) is 3. The van der Waals surface area contributed by atoms with Crippen molar-refractivity contribution in [3.63, 3.8) is 0 Å². The molecule has 8 heteroatoms. The van der Waals surface area contributed by atoms with Gasteiger partial charge in [-0.2, -0.15) is 5.21 Å². The molecule has 0 aliphatic heterocycles. The lowest BCUT2D eigenvalue weighted by Crippen LogP contribution is -2.48. The molecule has 1 unspecified atom stereocenters. The number of nitrogens with one attached hydrogen (secondary N) is 2. The van der Waals surface area contributed by atoms with Crippen LogP contribution in [0.15, 0.2) is 48.5 Å². The summed E-state index contributed by atoms with van der Waals surface area (Å²) >= 11 is 5.70. The first-order valence-corrected chi connectivity index (χ1v) is 11.5. The first-order chi connectivity index (χ1) is 15.5. The van der Waals surface area contributed by atoms with E-state index in [1.165, 1.54) is 5.56 Å². The molecule has 0 fully saturated rings. The van der Waals surface area contributed by atoms with Gasteiger partial charge in [0.1, 0.15) is 0 Å². The summed E-state index contributed by atoms with van der Waals surface area (Å²) in [6.45, 7) is 8.00. The lowest BCUT2D eigenvalue weighted by Gasteiger charge is -2.30. The van der Waals surface area contributed by atoms with E-state index in [1.54, 1.807) is 0 Å². The lowest BCUT2D eigenvalue weighted by molar-refractivity contribution is 0.221. The van der Waals surface area contributed by atoms with Crippen molar-refractivity contribution in [2.75, 3.05) is 13.2 Å². The highest BCUT2D eigenvalue weighted by molar-refractivity contribution is 7.80. The van der Waals surface area contributed by atoms with Crippen LogP contribution in [0.2, 0.25) is 0 Å². The van der Waals surface area contributed by atoms with Gasteiger partial charge < -0.3 is 15.3 Å². The minimum Gasteiger partial charge on any atom is -0.394 e. The molecule has 170 valence electrons. The van der Waals surface area contributed by atoms with Crippen LogP contribution in [0.3, 0.4) is 0 Å². The van der Waals surface area contributed by atoms with Crippen molar-refractivity contribution in [1.29, 1.82) is 0 Å². The van der Waals surface area contributed by atoms with Crippen LogP contribution in [-0.2, 0) is 6.54 Å². The summed E-state index contributed by atoms with van der Waals surface area (Å²) < 4.78 is 0. The summed E-state index contributed by atoms with van der Waals surface area (Å²) in [6, 6.07) is 16.5. The second-order valence-corrected chi connectivity index (χ2v) is 8.62. The van der Waals surface area contributed by atoms with Gasteiger partial charge in [-0.3, -0.25) is 0 Å². The minimum atomic E-state index is -0.0457. The van der Waals surface area contributed by atoms with Gasteiger partial charge in [-0.05, 0) is 46.5 Å². The number of hydrogen-bond acceptors (Lipinski definition) is 5. The third kappa shape index (κ3) is 6.11. The zero-order chi connectivity index (χ0) is 22.9. The molecular weight excluding hydrogens is 420 g/mol. The van der Waals surface area contributed by atoms with Crippen LogP contribution in [0.25, 0.3) is 22.5 Å².